The summed E-state index contributed by atoms with van der Waals surface area (Å²) in [4.78, 5) is 46.5. The van der Waals surface area contributed by atoms with E-state index in [9.17, 15) is 22.8 Å². The molecule has 5 aliphatic rings. The first-order valence-electron chi connectivity index (χ1n) is 17.8. The number of halogens is 1. The van der Waals surface area contributed by atoms with Crippen LogP contribution < -0.4 is 20.0 Å². The number of benzene rings is 2. The fourth-order valence-corrected chi connectivity index (χ4v) is 11.1. The molecule has 3 aromatic rings. The van der Waals surface area contributed by atoms with Gasteiger partial charge in [-0.3, -0.25) is 14.5 Å². The Labute approximate surface area is 301 Å². The predicted molar refractivity (Wildman–Crippen MR) is 191 cm³/mol. The molecule has 1 aromatic heterocycles. The van der Waals surface area contributed by atoms with Crippen molar-refractivity contribution in [2.45, 2.75) is 70.6 Å². The maximum atomic E-state index is 16.0. The predicted octanol–water partition coefficient (Wildman–Crippen LogP) is 3.12. The summed E-state index contributed by atoms with van der Waals surface area (Å²) in [5, 5.41) is 0.849. The van der Waals surface area contributed by atoms with Crippen molar-refractivity contribution < 1.29 is 36.3 Å². The van der Waals surface area contributed by atoms with Crippen LogP contribution in [-0.4, -0.2) is 107 Å². The standard InChI is InChI=1S/C37H44FN5O8S/c1-20-14-28(41-13-12-40(3)23(17-41)19-49-4)21(2)32-30(20)24-9-11-42(18-27(24)36(46)51-32)35(45)25-6-7-26(33(50-5)31(25)38)34(44)39-52(47,48)43-22-8-10-37(15-22)16-29(37)43/h6-7,14,22-23,29H,8-13,15-19H2,1-5H3,(H,39,44)/t22?,23-,29?,37?/m1/s1. The lowest BCUT2D eigenvalue weighted by atomic mass is 9.92. The van der Waals surface area contributed by atoms with Crippen molar-refractivity contribution in [1.29, 1.82) is 0 Å². The van der Waals surface area contributed by atoms with Gasteiger partial charge < -0.3 is 23.7 Å². The number of likely N-dealkylation sites (N-methyl/N-ethyl adjacent to an activating group) is 1. The van der Waals surface area contributed by atoms with Crippen molar-refractivity contribution in [2.24, 2.45) is 5.41 Å². The van der Waals surface area contributed by atoms with E-state index in [4.69, 9.17) is 13.9 Å². The molecule has 4 heterocycles. The summed E-state index contributed by atoms with van der Waals surface area (Å²) in [6.07, 6.45) is 3.69. The molecule has 4 fully saturated rings. The second-order valence-corrected chi connectivity index (χ2v) is 16.7. The van der Waals surface area contributed by atoms with Crippen molar-refractivity contribution in [2.75, 3.05) is 59.0 Å². The van der Waals surface area contributed by atoms with Crippen LogP contribution in [0.1, 0.15) is 68.7 Å². The number of hydrogen-bond donors (Lipinski definition) is 1. The zero-order valence-corrected chi connectivity index (χ0v) is 30.9. The average molecular weight is 738 g/mol. The van der Waals surface area contributed by atoms with Gasteiger partial charge in [0.2, 0.25) is 0 Å². The summed E-state index contributed by atoms with van der Waals surface area (Å²) in [5.74, 6) is -3.37. The van der Waals surface area contributed by atoms with Gasteiger partial charge in [-0.15, -0.1) is 0 Å². The maximum Gasteiger partial charge on any atom is 0.341 e. The Hall–Kier alpha value is -4.05. The topological polar surface area (TPSA) is 142 Å². The fourth-order valence-electron chi connectivity index (χ4n) is 9.42. The number of rotatable bonds is 8. The number of ether oxygens (including phenoxy) is 2. The average Bonchev–Trinajstić information content (AvgIpc) is 3.54. The Morgan fingerprint density at radius 1 is 1.10 bits per heavy atom. The van der Waals surface area contributed by atoms with E-state index >= 15 is 4.39 Å². The molecule has 2 saturated carbocycles. The second-order valence-electron chi connectivity index (χ2n) is 15.2. The van der Waals surface area contributed by atoms with E-state index in [1.807, 2.05) is 13.8 Å². The van der Waals surface area contributed by atoms with E-state index in [1.165, 1.54) is 15.3 Å². The van der Waals surface area contributed by atoms with Crippen LogP contribution in [0.3, 0.4) is 0 Å². The molecule has 0 radical (unpaired) electrons. The van der Waals surface area contributed by atoms with Crippen LogP contribution in [0.25, 0.3) is 11.0 Å². The van der Waals surface area contributed by atoms with Crippen molar-refractivity contribution in [3.63, 3.8) is 0 Å². The van der Waals surface area contributed by atoms with Crippen molar-refractivity contribution in [3.8, 4) is 5.75 Å². The van der Waals surface area contributed by atoms with Crippen LogP contribution in [0.5, 0.6) is 5.75 Å². The highest BCUT2D eigenvalue weighted by Crippen LogP contribution is 2.68. The summed E-state index contributed by atoms with van der Waals surface area (Å²) in [5.41, 5.74) is 3.29. The monoisotopic (exact) mass is 737 g/mol. The number of nitrogens with one attached hydrogen (secondary N) is 1. The lowest BCUT2D eigenvalue weighted by Gasteiger charge is -2.41. The molecule has 2 bridgehead atoms. The number of fused-ring (bicyclic) bond motifs is 4. The van der Waals surface area contributed by atoms with Crippen molar-refractivity contribution in [3.05, 3.63) is 67.8 Å². The Balaban J connectivity index is 1.03. The molecule has 4 atom stereocenters. The highest BCUT2D eigenvalue weighted by molar-refractivity contribution is 7.87. The molecule has 2 amide bonds. The molecule has 2 saturated heterocycles. The van der Waals surface area contributed by atoms with Crippen molar-refractivity contribution >= 4 is 38.7 Å². The van der Waals surface area contributed by atoms with Gasteiger partial charge in [0.05, 0.1) is 43.0 Å². The van der Waals surface area contributed by atoms with Crippen LogP contribution in [0.2, 0.25) is 0 Å². The van der Waals surface area contributed by atoms with Crippen LogP contribution in [-0.2, 0) is 27.9 Å². The molecule has 8 rings (SSSR count). The van der Waals surface area contributed by atoms with Gasteiger partial charge >= 0.3 is 15.8 Å². The first kappa shape index (κ1) is 35.0. The molecule has 15 heteroatoms. The quantitative estimate of drug-likeness (QED) is 0.343. The normalized spacial score (nSPS) is 25.7. The third-order valence-electron chi connectivity index (χ3n) is 12.3. The minimum Gasteiger partial charge on any atom is -0.493 e. The molecular formula is C37H44FN5O8S. The summed E-state index contributed by atoms with van der Waals surface area (Å²) in [6.45, 7) is 7.14. The number of aryl methyl sites for hydroxylation is 2. The zero-order valence-electron chi connectivity index (χ0n) is 30.1. The van der Waals surface area contributed by atoms with Gasteiger partial charge in [-0.1, -0.05) is 0 Å². The molecule has 1 spiro atoms. The summed E-state index contributed by atoms with van der Waals surface area (Å²) in [7, 11) is 0.770. The molecule has 1 N–H and O–H groups in total. The van der Waals surface area contributed by atoms with E-state index in [0.29, 0.717) is 24.2 Å². The number of piperazine rings is 1. The summed E-state index contributed by atoms with van der Waals surface area (Å²) in [6, 6.07) is 4.45. The minimum absolute atomic E-state index is 0.0396. The minimum atomic E-state index is -4.17. The molecule has 2 aliphatic carbocycles. The van der Waals surface area contributed by atoms with Crippen LogP contribution >= 0.6 is 0 Å². The SMILES string of the molecule is COC[C@H]1CN(c2cc(C)c3c4c(c(=O)oc3c2C)CN(C(=O)c2ccc(C(=O)NS(=O)(=O)N3C5CCC6(C5)CC36)c(OC)c2F)CC4)CCN1C. The molecule has 52 heavy (non-hydrogen) atoms. The highest BCUT2D eigenvalue weighted by atomic mass is 32.2. The van der Waals surface area contributed by atoms with Gasteiger partial charge in [-0.05, 0) is 87.7 Å². The summed E-state index contributed by atoms with van der Waals surface area (Å²) < 4.78 is 62.6. The van der Waals surface area contributed by atoms with Gasteiger partial charge in [0.15, 0.2) is 11.6 Å². The number of nitrogens with zero attached hydrogens (tertiary/aromatic N) is 4. The number of anilines is 1. The molecule has 13 nitrogen and oxygen atoms in total. The first-order chi connectivity index (χ1) is 24.8. The van der Waals surface area contributed by atoms with Crippen LogP contribution in [0, 0.1) is 25.1 Å². The lowest BCUT2D eigenvalue weighted by molar-refractivity contribution is 0.0726. The van der Waals surface area contributed by atoms with E-state index in [0.717, 1.165) is 86.3 Å². The van der Waals surface area contributed by atoms with Gasteiger partial charge in [0, 0.05) is 62.0 Å². The molecular weight excluding hydrogens is 693 g/mol. The molecule has 3 unspecified atom stereocenters. The Morgan fingerprint density at radius 2 is 1.87 bits per heavy atom. The largest absolute Gasteiger partial charge is 0.493 e. The van der Waals surface area contributed by atoms with E-state index in [1.54, 1.807) is 7.11 Å². The maximum absolute atomic E-state index is 16.0. The van der Waals surface area contributed by atoms with Gasteiger partial charge in [0.25, 0.3) is 11.8 Å². The summed E-state index contributed by atoms with van der Waals surface area (Å²) >= 11 is 0. The Morgan fingerprint density at radius 3 is 2.58 bits per heavy atom. The van der Waals surface area contributed by atoms with Gasteiger partial charge in [0.1, 0.15) is 5.58 Å². The van der Waals surface area contributed by atoms with Crippen LogP contribution in [0.4, 0.5) is 10.1 Å². The lowest BCUT2D eigenvalue weighted by Crippen LogP contribution is -2.53. The van der Waals surface area contributed by atoms with E-state index in [2.05, 4.69) is 27.6 Å². The number of amides is 2. The third kappa shape index (κ3) is 5.41. The second kappa shape index (κ2) is 12.5. The molecule has 2 aromatic carbocycles. The number of piperidine rings is 2. The third-order valence-corrected chi connectivity index (χ3v) is 13.8. The number of carbonyl (C=O) groups excluding carboxylic acids is 2. The van der Waals surface area contributed by atoms with Crippen molar-refractivity contribution in [1.82, 2.24) is 18.8 Å². The van der Waals surface area contributed by atoms with Gasteiger partial charge in [-0.2, -0.15) is 12.7 Å². The number of methoxy groups -OCH3 is 2. The Kier molecular flexibility index (Phi) is 8.43. The fraction of sp³-hybridized carbons (Fsp3) is 0.541. The van der Waals surface area contributed by atoms with E-state index < -0.39 is 39.2 Å². The highest BCUT2D eigenvalue weighted by Gasteiger charge is 2.70. The van der Waals surface area contributed by atoms with Gasteiger partial charge in [-0.25, -0.2) is 13.9 Å². The first-order valence-corrected chi connectivity index (χ1v) is 19.3. The molecule has 278 valence electrons. The zero-order chi connectivity index (χ0) is 36.9. The van der Waals surface area contributed by atoms with Crippen LogP contribution in [0.15, 0.2) is 27.4 Å². The smallest absolute Gasteiger partial charge is 0.341 e. The Bertz CT molecular complexity index is 2190. The number of carbonyl (C=O) groups is 2. The number of hydrogen-bond acceptors (Lipinski definition) is 10. The molecule has 3 aliphatic heterocycles. The van der Waals surface area contributed by atoms with E-state index in [-0.39, 0.29) is 47.8 Å².